The van der Waals surface area contributed by atoms with E-state index in [1.807, 2.05) is 42.1 Å². The number of anilines is 1. The van der Waals surface area contributed by atoms with E-state index in [0.29, 0.717) is 22.8 Å². The van der Waals surface area contributed by atoms with Gasteiger partial charge in [-0.1, -0.05) is 41.6 Å². The quantitative estimate of drug-likeness (QED) is 0.150. The van der Waals surface area contributed by atoms with Gasteiger partial charge in [0.1, 0.15) is 12.3 Å². The van der Waals surface area contributed by atoms with Crippen LogP contribution in [0.1, 0.15) is 27.0 Å². The van der Waals surface area contributed by atoms with E-state index in [0.717, 1.165) is 27.4 Å². The summed E-state index contributed by atoms with van der Waals surface area (Å²) >= 11 is 0. The first-order chi connectivity index (χ1) is 24.4. The summed E-state index contributed by atoms with van der Waals surface area (Å²) in [4.78, 5) is 43.4. The number of carboxylic acid groups (broad SMARTS) is 1. The number of amides is 2. The Morgan fingerprint density at radius 1 is 0.980 bits per heavy atom. The molecule has 51 heavy (non-hydrogen) atoms. The van der Waals surface area contributed by atoms with Crippen LogP contribution in [0.3, 0.4) is 0 Å². The van der Waals surface area contributed by atoms with Crippen molar-refractivity contribution in [1.82, 2.24) is 19.6 Å². The van der Waals surface area contributed by atoms with E-state index >= 15 is 0 Å². The molecule has 0 saturated heterocycles. The highest BCUT2D eigenvalue weighted by atomic mass is 19.4. The second kappa shape index (κ2) is 14.2. The zero-order valence-electron chi connectivity index (χ0n) is 27.3. The molecule has 0 bridgehead atoms. The van der Waals surface area contributed by atoms with Crippen molar-refractivity contribution in [1.29, 1.82) is 0 Å². The van der Waals surface area contributed by atoms with Gasteiger partial charge < -0.3 is 29.2 Å². The predicted octanol–water partition coefficient (Wildman–Crippen LogP) is 6.83. The van der Waals surface area contributed by atoms with Crippen LogP contribution in [-0.2, 0) is 35.8 Å². The molecule has 14 heteroatoms. The molecule has 260 valence electrons. The Morgan fingerprint density at radius 2 is 1.73 bits per heavy atom. The first-order valence-corrected chi connectivity index (χ1v) is 15.5. The van der Waals surface area contributed by atoms with Crippen LogP contribution in [0.15, 0.2) is 102 Å². The Bertz CT molecular complexity index is 2230. The van der Waals surface area contributed by atoms with Crippen molar-refractivity contribution in [3.63, 3.8) is 0 Å². The van der Waals surface area contributed by atoms with Gasteiger partial charge >= 0.3 is 12.1 Å². The molecule has 2 heterocycles. The van der Waals surface area contributed by atoms with Gasteiger partial charge in [0.05, 0.1) is 19.1 Å². The van der Waals surface area contributed by atoms with E-state index < -0.39 is 42.5 Å². The Hall–Kier alpha value is -6.44. The van der Waals surface area contributed by atoms with Gasteiger partial charge in [-0.25, -0.2) is 0 Å². The number of ether oxygens (including phenoxy) is 1. The number of nitrogens with one attached hydrogen (secondary N) is 1. The van der Waals surface area contributed by atoms with Gasteiger partial charge in [-0.05, 0) is 65.7 Å². The Morgan fingerprint density at radius 3 is 2.41 bits per heavy atom. The molecule has 2 N–H and O–H groups in total. The molecule has 0 aliphatic heterocycles. The molecule has 6 rings (SSSR count). The number of methoxy groups -OCH3 is 1. The monoisotopic (exact) mass is 697 g/mol. The number of nitrogens with zero attached hydrogens (tertiary/aromatic N) is 4. The second-order valence-corrected chi connectivity index (χ2v) is 11.7. The summed E-state index contributed by atoms with van der Waals surface area (Å²) in [5, 5.41) is 17.2. The summed E-state index contributed by atoms with van der Waals surface area (Å²) < 4.78 is 53.1. The molecule has 0 radical (unpaired) electrons. The molecule has 0 fully saturated rings. The number of aryl methyl sites for hydroxylation is 1. The topological polar surface area (TPSA) is 140 Å². The highest BCUT2D eigenvalue weighted by Crippen LogP contribution is 2.35. The molecule has 2 aromatic heterocycles. The maximum atomic E-state index is 13.6. The fourth-order valence-electron chi connectivity index (χ4n) is 5.64. The molecule has 2 amide bonds. The number of aromatic nitrogens is 3. The minimum Gasteiger partial charge on any atom is -0.497 e. The van der Waals surface area contributed by atoms with E-state index in [1.165, 1.54) is 43.5 Å². The molecular formula is C37H30F3N5O6. The Labute approximate surface area is 288 Å². The predicted molar refractivity (Wildman–Crippen MR) is 181 cm³/mol. The highest BCUT2D eigenvalue weighted by molar-refractivity contribution is 5.97. The maximum absolute atomic E-state index is 13.6. The molecular weight excluding hydrogens is 667 g/mol. The Balaban J connectivity index is 1.11. The standard InChI is InChI=1S/C37H30F3N5O6/c1-44-17-16-28-29(4-3-5-31(28)44)35-42-34(43-51-35)23-8-6-22(7-9-23)20-45(21-33(47)48)36(49)24-10-13-26(14-11-24)41-32(46)18-25-12-15-27(50-2)19-30(25)37(38,39)40/h3-17,19H,18,20-21H2,1-2H3,(H,41,46)(H,47,48). The van der Waals surface area contributed by atoms with Gasteiger partial charge in [0, 0.05) is 53.1 Å². The zero-order chi connectivity index (χ0) is 36.3. The fraction of sp³-hybridized carbons (Fsp3) is 0.162. The number of carboxylic acids is 1. The number of carbonyl (C=O) groups is 3. The van der Waals surface area contributed by atoms with Crippen molar-refractivity contribution in [2.75, 3.05) is 19.0 Å². The van der Waals surface area contributed by atoms with E-state index in [2.05, 4.69) is 15.5 Å². The van der Waals surface area contributed by atoms with Crippen molar-refractivity contribution in [2.24, 2.45) is 7.05 Å². The third kappa shape index (κ3) is 7.75. The van der Waals surface area contributed by atoms with Gasteiger partial charge in [-0.15, -0.1) is 0 Å². The summed E-state index contributed by atoms with van der Waals surface area (Å²) in [5.41, 5.74) is 2.30. The molecule has 0 aliphatic rings. The van der Waals surface area contributed by atoms with Crippen LogP contribution < -0.4 is 10.1 Å². The highest BCUT2D eigenvalue weighted by Gasteiger charge is 2.34. The molecule has 0 spiro atoms. The van der Waals surface area contributed by atoms with Crippen LogP contribution in [-0.4, -0.2) is 56.2 Å². The third-order valence-corrected chi connectivity index (χ3v) is 8.17. The lowest BCUT2D eigenvalue weighted by molar-refractivity contribution is -0.139. The lowest BCUT2D eigenvalue weighted by Crippen LogP contribution is -2.35. The lowest BCUT2D eigenvalue weighted by atomic mass is 10.0. The first-order valence-electron chi connectivity index (χ1n) is 15.5. The number of carbonyl (C=O) groups excluding carboxylic acids is 2. The normalized spacial score (nSPS) is 11.4. The van der Waals surface area contributed by atoms with Gasteiger partial charge in [-0.3, -0.25) is 14.4 Å². The number of benzene rings is 4. The number of hydrogen-bond donors (Lipinski definition) is 2. The van der Waals surface area contributed by atoms with Crippen LogP contribution in [0, 0.1) is 0 Å². The van der Waals surface area contributed by atoms with Crippen molar-refractivity contribution >= 4 is 34.4 Å². The van der Waals surface area contributed by atoms with Gasteiger partial charge in [0.2, 0.25) is 11.7 Å². The molecule has 0 saturated carbocycles. The SMILES string of the molecule is COc1ccc(CC(=O)Nc2ccc(C(=O)N(CC(=O)O)Cc3ccc(-c4noc(-c5cccc6c5ccn6C)n4)cc3)cc2)c(C(F)(F)F)c1. The van der Waals surface area contributed by atoms with Crippen molar-refractivity contribution < 1.29 is 41.9 Å². The molecule has 0 aliphatic carbocycles. The fourth-order valence-corrected chi connectivity index (χ4v) is 5.64. The van der Waals surface area contributed by atoms with Crippen molar-refractivity contribution in [3.8, 4) is 28.6 Å². The summed E-state index contributed by atoms with van der Waals surface area (Å²) in [6.07, 6.45) is -3.29. The minimum absolute atomic E-state index is 0.0103. The summed E-state index contributed by atoms with van der Waals surface area (Å²) in [6, 6.07) is 23.7. The van der Waals surface area contributed by atoms with Crippen LogP contribution >= 0.6 is 0 Å². The minimum atomic E-state index is -4.69. The van der Waals surface area contributed by atoms with Crippen LogP contribution in [0.2, 0.25) is 0 Å². The number of rotatable bonds is 11. The van der Waals surface area contributed by atoms with E-state index in [9.17, 15) is 32.7 Å². The first kappa shape index (κ1) is 34.4. The van der Waals surface area contributed by atoms with Crippen LogP contribution in [0.25, 0.3) is 33.7 Å². The van der Waals surface area contributed by atoms with E-state index in [-0.39, 0.29) is 29.1 Å². The van der Waals surface area contributed by atoms with E-state index in [4.69, 9.17) is 9.26 Å². The third-order valence-electron chi connectivity index (χ3n) is 8.17. The largest absolute Gasteiger partial charge is 0.497 e. The average molecular weight is 698 g/mol. The summed E-state index contributed by atoms with van der Waals surface area (Å²) in [5.74, 6) is -1.76. The number of aliphatic carboxylic acids is 1. The maximum Gasteiger partial charge on any atom is 0.416 e. The number of hydrogen-bond acceptors (Lipinski definition) is 7. The number of halogens is 3. The molecule has 11 nitrogen and oxygen atoms in total. The number of fused-ring (bicyclic) bond motifs is 1. The van der Waals surface area contributed by atoms with E-state index in [1.54, 1.807) is 24.3 Å². The molecule has 0 unspecified atom stereocenters. The van der Waals surface area contributed by atoms with Gasteiger partial charge in [0.15, 0.2) is 0 Å². The van der Waals surface area contributed by atoms with Crippen molar-refractivity contribution in [3.05, 3.63) is 119 Å². The average Bonchev–Trinajstić information content (AvgIpc) is 3.75. The van der Waals surface area contributed by atoms with Gasteiger partial charge in [0.25, 0.3) is 11.8 Å². The Kier molecular flexibility index (Phi) is 9.58. The van der Waals surface area contributed by atoms with Crippen LogP contribution in [0.4, 0.5) is 18.9 Å². The summed E-state index contributed by atoms with van der Waals surface area (Å²) in [6.45, 7) is -0.609. The molecule has 0 atom stereocenters. The lowest BCUT2D eigenvalue weighted by Gasteiger charge is -2.21. The molecule has 6 aromatic rings. The van der Waals surface area contributed by atoms with Crippen LogP contribution in [0.5, 0.6) is 5.75 Å². The molecule has 4 aromatic carbocycles. The number of alkyl halides is 3. The zero-order valence-corrected chi connectivity index (χ0v) is 27.3. The second-order valence-electron chi connectivity index (χ2n) is 11.7. The summed E-state index contributed by atoms with van der Waals surface area (Å²) in [7, 11) is 3.20. The van der Waals surface area contributed by atoms with Crippen molar-refractivity contribution in [2.45, 2.75) is 19.1 Å². The smallest absolute Gasteiger partial charge is 0.416 e. The van der Waals surface area contributed by atoms with Gasteiger partial charge in [-0.2, -0.15) is 18.2 Å².